The fourth-order valence-corrected chi connectivity index (χ4v) is 2.91. The number of nitrogens with one attached hydrogen (secondary N) is 1. The minimum atomic E-state index is -0.292. The predicted octanol–water partition coefficient (Wildman–Crippen LogP) is 4.67. The molecule has 1 atom stereocenters. The summed E-state index contributed by atoms with van der Waals surface area (Å²) in [7, 11) is 3.40. The molecule has 0 amide bonds. The van der Waals surface area contributed by atoms with E-state index in [1.807, 2.05) is 24.3 Å². The molecule has 1 N–H and O–H groups in total. The second-order valence-electron chi connectivity index (χ2n) is 4.25. The van der Waals surface area contributed by atoms with Crippen molar-refractivity contribution < 1.29 is 9.13 Å². The number of hydrogen-bond donors (Lipinski definition) is 1. The Hall–Kier alpha value is -0.910. The zero-order chi connectivity index (χ0) is 14.7. The molecule has 0 heterocycles. The summed E-state index contributed by atoms with van der Waals surface area (Å²) < 4.78 is 21.1. The van der Waals surface area contributed by atoms with Crippen LogP contribution in [0.4, 0.5) is 4.39 Å². The van der Waals surface area contributed by atoms with Gasteiger partial charge in [-0.3, -0.25) is 0 Å². The Labute approximate surface area is 134 Å². The largest absolute Gasteiger partial charge is 0.496 e. The maximum absolute atomic E-state index is 14.3. The Morgan fingerprint density at radius 3 is 2.55 bits per heavy atom. The van der Waals surface area contributed by atoms with Crippen molar-refractivity contribution in [3.63, 3.8) is 0 Å². The standard InChI is InChI=1S/C15H14Br2FNO/c1-19-15(10-4-3-5-12(17)14(10)18)11-8-9(16)6-7-13(11)20-2/h3-8,15,19H,1-2H3. The molecule has 1 unspecified atom stereocenters. The number of benzene rings is 2. The highest BCUT2D eigenvalue weighted by Crippen LogP contribution is 2.34. The van der Waals surface area contributed by atoms with Gasteiger partial charge in [-0.25, -0.2) is 4.39 Å². The number of hydrogen-bond acceptors (Lipinski definition) is 2. The molecule has 0 aliphatic heterocycles. The first kappa shape index (κ1) is 15.5. The molecule has 5 heteroatoms. The van der Waals surface area contributed by atoms with Crippen molar-refractivity contribution in [2.24, 2.45) is 0 Å². The van der Waals surface area contributed by atoms with Crippen molar-refractivity contribution in [2.75, 3.05) is 14.2 Å². The first-order valence-corrected chi connectivity index (χ1v) is 7.61. The molecule has 2 rings (SSSR count). The van der Waals surface area contributed by atoms with Gasteiger partial charge in [0.05, 0.1) is 17.6 Å². The average Bonchev–Trinajstić information content (AvgIpc) is 2.44. The smallest absolute Gasteiger partial charge is 0.142 e. The summed E-state index contributed by atoms with van der Waals surface area (Å²) in [4.78, 5) is 0. The molecule has 106 valence electrons. The summed E-state index contributed by atoms with van der Waals surface area (Å²) in [6.45, 7) is 0. The third-order valence-electron chi connectivity index (χ3n) is 3.08. The van der Waals surface area contributed by atoms with Crippen LogP contribution in [0.15, 0.2) is 45.3 Å². The van der Waals surface area contributed by atoms with Crippen molar-refractivity contribution in [1.82, 2.24) is 5.32 Å². The predicted molar refractivity (Wildman–Crippen MR) is 85.7 cm³/mol. The molecule has 0 bridgehead atoms. The molecule has 0 saturated carbocycles. The third kappa shape index (κ3) is 3.05. The van der Waals surface area contributed by atoms with E-state index in [9.17, 15) is 4.39 Å². The lowest BCUT2D eigenvalue weighted by atomic mass is 9.97. The molecule has 0 aliphatic rings. The summed E-state index contributed by atoms with van der Waals surface area (Å²) in [6, 6.07) is 10.7. The summed E-state index contributed by atoms with van der Waals surface area (Å²) in [5.41, 5.74) is 1.44. The molecule has 0 saturated heterocycles. The van der Waals surface area contributed by atoms with Gasteiger partial charge in [0.2, 0.25) is 0 Å². The molecule has 0 spiro atoms. The first-order valence-electron chi connectivity index (χ1n) is 6.03. The van der Waals surface area contributed by atoms with E-state index in [1.54, 1.807) is 26.3 Å². The Morgan fingerprint density at radius 1 is 1.15 bits per heavy atom. The lowest BCUT2D eigenvalue weighted by Crippen LogP contribution is -2.20. The van der Waals surface area contributed by atoms with E-state index in [0.717, 1.165) is 10.0 Å². The lowest BCUT2D eigenvalue weighted by Gasteiger charge is -2.21. The van der Waals surface area contributed by atoms with E-state index >= 15 is 0 Å². The fraction of sp³-hybridized carbons (Fsp3) is 0.200. The van der Waals surface area contributed by atoms with Gasteiger partial charge < -0.3 is 10.1 Å². The highest BCUT2D eigenvalue weighted by atomic mass is 79.9. The van der Waals surface area contributed by atoms with Crippen LogP contribution >= 0.6 is 31.9 Å². The zero-order valence-electron chi connectivity index (χ0n) is 11.1. The molecule has 0 radical (unpaired) electrons. The number of methoxy groups -OCH3 is 1. The SMILES string of the molecule is CNC(c1cc(Br)ccc1OC)c1cccc(Br)c1F. The van der Waals surface area contributed by atoms with Crippen LogP contribution in [0.25, 0.3) is 0 Å². The summed E-state index contributed by atoms with van der Waals surface area (Å²) in [6.07, 6.45) is 0. The van der Waals surface area contributed by atoms with Gasteiger partial charge in [0.25, 0.3) is 0 Å². The summed E-state index contributed by atoms with van der Waals surface area (Å²) in [5.74, 6) is 0.445. The van der Waals surface area contributed by atoms with Gasteiger partial charge in [0.15, 0.2) is 0 Å². The highest BCUT2D eigenvalue weighted by Gasteiger charge is 2.21. The van der Waals surface area contributed by atoms with Gasteiger partial charge in [-0.1, -0.05) is 28.1 Å². The minimum absolute atomic E-state index is 0.270. The lowest BCUT2D eigenvalue weighted by molar-refractivity contribution is 0.404. The topological polar surface area (TPSA) is 21.3 Å². The van der Waals surface area contributed by atoms with Crippen molar-refractivity contribution in [1.29, 1.82) is 0 Å². The van der Waals surface area contributed by atoms with Crippen LogP contribution in [0.5, 0.6) is 5.75 Å². The average molecular weight is 403 g/mol. The number of rotatable bonds is 4. The van der Waals surface area contributed by atoms with Crippen molar-refractivity contribution >= 4 is 31.9 Å². The van der Waals surface area contributed by atoms with Gasteiger partial charge in [-0.15, -0.1) is 0 Å². The second kappa shape index (κ2) is 6.70. The molecule has 0 fully saturated rings. The molecular formula is C15H14Br2FNO. The second-order valence-corrected chi connectivity index (χ2v) is 6.02. The Morgan fingerprint density at radius 2 is 1.90 bits per heavy atom. The number of halogens is 3. The fourth-order valence-electron chi connectivity index (χ4n) is 2.15. The van der Waals surface area contributed by atoms with E-state index in [-0.39, 0.29) is 11.9 Å². The van der Waals surface area contributed by atoms with Crippen LogP contribution in [0.2, 0.25) is 0 Å². The van der Waals surface area contributed by atoms with E-state index in [2.05, 4.69) is 37.2 Å². The van der Waals surface area contributed by atoms with Gasteiger partial charge in [-0.2, -0.15) is 0 Å². The van der Waals surface area contributed by atoms with Gasteiger partial charge in [0.1, 0.15) is 11.6 Å². The van der Waals surface area contributed by atoms with Crippen LogP contribution in [0.1, 0.15) is 17.2 Å². The summed E-state index contributed by atoms with van der Waals surface area (Å²) in [5, 5.41) is 3.14. The maximum Gasteiger partial charge on any atom is 0.142 e. The zero-order valence-corrected chi connectivity index (χ0v) is 14.3. The van der Waals surface area contributed by atoms with E-state index in [1.165, 1.54) is 0 Å². The van der Waals surface area contributed by atoms with Crippen molar-refractivity contribution in [2.45, 2.75) is 6.04 Å². The van der Waals surface area contributed by atoms with Crippen LogP contribution in [0, 0.1) is 5.82 Å². The van der Waals surface area contributed by atoms with Crippen molar-refractivity contribution in [3.05, 3.63) is 62.3 Å². The molecule has 0 aliphatic carbocycles. The Bertz CT molecular complexity index is 619. The molecular weight excluding hydrogens is 389 g/mol. The van der Waals surface area contributed by atoms with E-state index < -0.39 is 0 Å². The first-order chi connectivity index (χ1) is 9.58. The van der Waals surface area contributed by atoms with Crippen LogP contribution in [-0.2, 0) is 0 Å². The molecule has 0 aromatic heterocycles. The van der Waals surface area contributed by atoms with Gasteiger partial charge >= 0.3 is 0 Å². The maximum atomic E-state index is 14.3. The quantitative estimate of drug-likeness (QED) is 0.802. The molecule has 2 nitrogen and oxygen atoms in total. The Kier molecular flexibility index (Phi) is 5.18. The number of ether oxygens (including phenoxy) is 1. The molecule has 2 aromatic carbocycles. The third-order valence-corrected chi connectivity index (χ3v) is 4.19. The van der Waals surface area contributed by atoms with Crippen LogP contribution in [0.3, 0.4) is 0 Å². The summed E-state index contributed by atoms with van der Waals surface area (Å²) >= 11 is 6.67. The molecule has 2 aromatic rings. The highest BCUT2D eigenvalue weighted by molar-refractivity contribution is 9.10. The Balaban J connectivity index is 2.58. The minimum Gasteiger partial charge on any atom is -0.496 e. The van der Waals surface area contributed by atoms with Gasteiger partial charge in [-0.05, 0) is 47.2 Å². The monoisotopic (exact) mass is 401 g/mol. The molecule has 20 heavy (non-hydrogen) atoms. The van der Waals surface area contributed by atoms with E-state index in [4.69, 9.17) is 4.74 Å². The normalized spacial score (nSPS) is 12.2. The van der Waals surface area contributed by atoms with Crippen LogP contribution < -0.4 is 10.1 Å². The van der Waals surface area contributed by atoms with Gasteiger partial charge in [0, 0.05) is 15.6 Å². The van der Waals surface area contributed by atoms with E-state index in [0.29, 0.717) is 15.8 Å². The van der Waals surface area contributed by atoms with Crippen LogP contribution in [-0.4, -0.2) is 14.2 Å². The van der Waals surface area contributed by atoms with Crippen molar-refractivity contribution in [3.8, 4) is 5.75 Å².